The minimum Gasteiger partial charge on any atom is -0.497 e. The van der Waals surface area contributed by atoms with Crippen LogP contribution >= 0.6 is 0 Å². The van der Waals surface area contributed by atoms with Gasteiger partial charge in [0.25, 0.3) is 5.91 Å². The van der Waals surface area contributed by atoms with Crippen molar-refractivity contribution in [3.63, 3.8) is 0 Å². The molecule has 1 aliphatic carbocycles. The largest absolute Gasteiger partial charge is 0.497 e. The van der Waals surface area contributed by atoms with Gasteiger partial charge in [-0.05, 0) is 85.9 Å². The second-order valence-electron chi connectivity index (χ2n) is 12.7. The standard InChI is InChI=1S/C37H39F2N5O4/c1-46-32-10-4-25(5-11-32)23-48-36-33(38)16-28(17-34(36)39)37(45)40-19-24-2-8-30(9-3-24)44-21-27-7-6-26(18-35(27)42-44)29-20-41-43(22-29)31-12-14-47-15-13-31/h4-7,10-11,16-18,20-22,24,30-31H,2-3,8-9,12-15,19,23H2,1H3,(H,40,45)/t24-,30-. The summed E-state index contributed by atoms with van der Waals surface area (Å²) in [6.07, 6.45) is 11.8. The maximum Gasteiger partial charge on any atom is 0.251 e. The zero-order chi connectivity index (χ0) is 33.0. The molecule has 1 saturated carbocycles. The number of amides is 1. The normalized spacial score (nSPS) is 18.6. The Hall–Kier alpha value is -4.77. The van der Waals surface area contributed by atoms with E-state index in [1.807, 2.05) is 6.20 Å². The van der Waals surface area contributed by atoms with Gasteiger partial charge >= 0.3 is 0 Å². The number of halogens is 2. The number of fused-ring (bicyclic) bond motifs is 1. The lowest BCUT2D eigenvalue weighted by Gasteiger charge is -2.28. The Morgan fingerprint density at radius 1 is 0.896 bits per heavy atom. The molecule has 9 nitrogen and oxygen atoms in total. The summed E-state index contributed by atoms with van der Waals surface area (Å²) in [5.74, 6) is -1.91. The summed E-state index contributed by atoms with van der Waals surface area (Å²) in [4.78, 5) is 12.8. The van der Waals surface area contributed by atoms with Gasteiger partial charge in [0.1, 0.15) is 12.4 Å². The van der Waals surface area contributed by atoms with Crippen molar-refractivity contribution < 1.29 is 27.8 Å². The van der Waals surface area contributed by atoms with Crippen LogP contribution in [0.25, 0.3) is 22.0 Å². The van der Waals surface area contributed by atoms with Crippen molar-refractivity contribution in [1.29, 1.82) is 0 Å². The number of rotatable bonds is 10. The number of aromatic nitrogens is 4. The van der Waals surface area contributed by atoms with Crippen molar-refractivity contribution in [2.75, 3.05) is 26.9 Å². The number of nitrogens with one attached hydrogen (secondary N) is 1. The number of nitrogens with zero attached hydrogens (tertiary/aromatic N) is 4. The van der Waals surface area contributed by atoms with Gasteiger partial charge in [-0.2, -0.15) is 10.2 Å². The van der Waals surface area contributed by atoms with Gasteiger partial charge in [0.05, 0.1) is 30.9 Å². The van der Waals surface area contributed by atoms with Crippen molar-refractivity contribution in [3.8, 4) is 22.6 Å². The van der Waals surface area contributed by atoms with Gasteiger partial charge in [-0.3, -0.25) is 14.2 Å². The monoisotopic (exact) mass is 655 g/mol. The number of carbonyl (C=O) groups is 1. The van der Waals surface area contributed by atoms with E-state index in [0.717, 1.165) is 91.5 Å². The first kappa shape index (κ1) is 31.8. The Balaban J connectivity index is 0.906. The molecule has 0 spiro atoms. The van der Waals surface area contributed by atoms with Gasteiger partial charge in [0.2, 0.25) is 0 Å². The molecule has 5 aromatic rings. The zero-order valence-electron chi connectivity index (χ0n) is 26.9. The third-order valence-corrected chi connectivity index (χ3v) is 9.57. The van der Waals surface area contributed by atoms with Crippen LogP contribution in [-0.4, -0.2) is 52.3 Å². The second-order valence-corrected chi connectivity index (χ2v) is 12.7. The van der Waals surface area contributed by atoms with Crippen LogP contribution < -0.4 is 14.8 Å². The van der Waals surface area contributed by atoms with Crippen molar-refractivity contribution in [1.82, 2.24) is 24.9 Å². The first-order valence-corrected chi connectivity index (χ1v) is 16.6. The minimum absolute atomic E-state index is 0.0226. The Labute approximate surface area is 277 Å². The third kappa shape index (κ3) is 7.06. The lowest BCUT2D eigenvalue weighted by atomic mass is 9.86. The Morgan fingerprint density at radius 3 is 2.35 bits per heavy atom. The maximum absolute atomic E-state index is 14.8. The molecule has 3 aromatic carbocycles. The van der Waals surface area contributed by atoms with E-state index in [1.54, 1.807) is 31.4 Å². The Morgan fingerprint density at radius 2 is 1.62 bits per heavy atom. The molecule has 2 aromatic heterocycles. The molecule has 48 heavy (non-hydrogen) atoms. The summed E-state index contributed by atoms with van der Waals surface area (Å²) in [6.45, 7) is 1.97. The molecular weight excluding hydrogens is 616 g/mol. The van der Waals surface area contributed by atoms with E-state index in [9.17, 15) is 13.6 Å². The molecule has 1 saturated heterocycles. The van der Waals surface area contributed by atoms with E-state index in [2.05, 4.69) is 50.4 Å². The number of carbonyl (C=O) groups excluding carboxylic acids is 1. The van der Waals surface area contributed by atoms with Gasteiger partial charge in [-0.25, -0.2) is 8.78 Å². The SMILES string of the molecule is COc1ccc(COc2c(F)cc(C(=O)NC[C@H]3CC[C@H](n4cc5ccc(-c6cnn(C7CCOCC7)c6)cc5n4)CC3)cc2F)cc1. The fourth-order valence-electron chi connectivity index (χ4n) is 6.70. The van der Waals surface area contributed by atoms with Gasteiger partial charge in [-0.15, -0.1) is 0 Å². The average molecular weight is 656 g/mol. The van der Waals surface area contributed by atoms with Crippen LogP contribution in [-0.2, 0) is 11.3 Å². The van der Waals surface area contributed by atoms with Crippen LogP contribution in [0, 0.1) is 17.6 Å². The fourth-order valence-corrected chi connectivity index (χ4v) is 6.70. The first-order valence-electron chi connectivity index (χ1n) is 16.6. The van der Waals surface area contributed by atoms with Gasteiger partial charge < -0.3 is 19.5 Å². The van der Waals surface area contributed by atoms with Crippen LogP contribution in [0.1, 0.15) is 66.5 Å². The molecule has 3 heterocycles. The molecular formula is C37H39F2N5O4. The lowest BCUT2D eigenvalue weighted by molar-refractivity contribution is 0.0662. The molecule has 0 radical (unpaired) electrons. The van der Waals surface area contributed by atoms with Crippen molar-refractivity contribution in [3.05, 3.63) is 95.9 Å². The number of hydrogen-bond donors (Lipinski definition) is 1. The summed E-state index contributed by atoms with van der Waals surface area (Å²) >= 11 is 0. The molecule has 0 atom stereocenters. The molecule has 7 rings (SSSR count). The molecule has 1 amide bonds. The van der Waals surface area contributed by atoms with Crippen molar-refractivity contribution >= 4 is 16.8 Å². The molecule has 2 fully saturated rings. The molecule has 1 aliphatic heterocycles. The van der Waals surface area contributed by atoms with Crippen molar-refractivity contribution in [2.45, 2.75) is 57.2 Å². The summed E-state index contributed by atoms with van der Waals surface area (Å²) in [5, 5.41) is 13.5. The fraction of sp³-hybridized carbons (Fsp3) is 0.378. The summed E-state index contributed by atoms with van der Waals surface area (Å²) in [7, 11) is 1.56. The molecule has 250 valence electrons. The smallest absolute Gasteiger partial charge is 0.251 e. The van der Waals surface area contributed by atoms with Gasteiger partial charge in [-0.1, -0.05) is 24.3 Å². The number of benzene rings is 3. The highest BCUT2D eigenvalue weighted by molar-refractivity contribution is 5.94. The van der Waals surface area contributed by atoms with E-state index < -0.39 is 23.3 Å². The predicted molar refractivity (Wildman–Crippen MR) is 177 cm³/mol. The molecule has 11 heteroatoms. The number of hydrogen-bond acceptors (Lipinski definition) is 6. The van der Waals surface area contributed by atoms with Crippen LogP contribution in [0.15, 0.2) is 73.2 Å². The maximum atomic E-state index is 14.8. The predicted octanol–water partition coefficient (Wildman–Crippen LogP) is 7.28. The van der Waals surface area contributed by atoms with Crippen LogP contribution in [0.2, 0.25) is 0 Å². The highest BCUT2D eigenvalue weighted by Gasteiger charge is 2.25. The molecule has 0 bridgehead atoms. The van der Waals surface area contributed by atoms with Gasteiger partial charge in [0, 0.05) is 48.7 Å². The molecule has 0 unspecified atom stereocenters. The first-order chi connectivity index (χ1) is 23.4. The topological polar surface area (TPSA) is 92.4 Å². The highest BCUT2D eigenvalue weighted by atomic mass is 19.1. The van der Waals surface area contributed by atoms with Crippen LogP contribution in [0.3, 0.4) is 0 Å². The lowest BCUT2D eigenvalue weighted by Crippen LogP contribution is -2.32. The summed E-state index contributed by atoms with van der Waals surface area (Å²) in [6, 6.07) is 16.1. The van der Waals surface area contributed by atoms with E-state index in [4.69, 9.17) is 19.3 Å². The minimum atomic E-state index is -0.919. The van der Waals surface area contributed by atoms with E-state index in [-0.39, 0.29) is 24.1 Å². The number of methoxy groups -OCH3 is 1. The van der Waals surface area contributed by atoms with Crippen molar-refractivity contribution in [2.24, 2.45) is 5.92 Å². The van der Waals surface area contributed by atoms with Crippen LogP contribution in [0.4, 0.5) is 8.78 Å². The Bertz CT molecular complexity index is 1850. The van der Waals surface area contributed by atoms with E-state index >= 15 is 0 Å². The van der Waals surface area contributed by atoms with E-state index in [0.29, 0.717) is 18.3 Å². The second kappa shape index (κ2) is 14.1. The van der Waals surface area contributed by atoms with E-state index in [1.165, 1.54) is 0 Å². The summed E-state index contributed by atoms with van der Waals surface area (Å²) < 4.78 is 49.7. The highest BCUT2D eigenvalue weighted by Crippen LogP contribution is 2.34. The number of ether oxygens (including phenoxy) is 3. The summed E-state index contributed by atoms with van der Waals surface area (Å²) in [5.41, 5.74) is 3.79. The third-order valence-electron chi connectivity index (χ3n) is 9.57. The zero-order valence-corrected chi connectivity index (χ0v) is 26.9. The quantitative estimate of drug-likeness (QED) is 0.170. The van der Waals surface area contributed by atoms with Gasteiger partial charge in [0.15, 0.2) is 17.4 Å². The molecule has 1 N–H and O–H groups in total. The van der Waals surface area contributed by atoms with Crippen LogP contribution in [0.5, 0.6) is 11.5 Å². The molecule has 2 aliphatic rings. The average Bonchev–Trinajstić information content (AvgIpc) is 3.79. The Kier molecular flexibility index (Phi) is 9.38.